The molecule has 0 amide bonds. The summed E-state index contributed by atoms with van der Waals surface area (Å²) >= 11 is 0. The first-order chi connectivity index (χ1) is 13.0. The minimum absolute atomic E-state index is 0.510. The van der Waals surface area contributed by atoms with Gasteiger partial charge >= 0.3 is 5.97 Å². The molecule has 27 heavy (non-hydrogen) atoms. The SMILES string of the molecule is CC(C=CC=C(C)C1=Cc2cc(-c3ccccn3)ccc2OC1)=CC(=O)O. The van der Waals surface area contributed by atoms with Crippen LogP contribution in [0.4, 0.5) is 0 Å². The maximum Gasteiger partial charge on any atom is 0.328 e. The zero-order chi connectivity index (χ0) is 19.2. The molecular formula is C23H21NO3. The molecule has 0 saturated carbocycles. The van der Waals surface area contributed by atoms with Crippen molar-refractivity contribution in [2.24, 2.45) is 0 Å². The monoisotopic (exact) mass is 359 g/mol. The van der Waals surface area contributed by atoms with Gasteiger partial charge in [0.05, 0.1) is 5.69 Å². The third kappa shape index (κ3) is 4.82. The minimum Gasteiger partial charge on any atom is -0.488 e. The number of rotatable bonds is 5. The van der Waals surface area contributed by atoms with Crippen molar-refractivity contribution >= 4 is 12.0 Å². The Kier molecular flexibility index (Phi) is 5.67. The number of aromatic nitrogens is 1. The number of pyridine rings is 1. The van der Waals surface area contributed by atoms with Crippen molar-refractivity contribution in [2.75, 3.05) is 6.61 Å². The number of hydrogen-bond acceptors (Lipinski definition) is 3. The van der Waals surface area contributed by atoms with Crippen molar-refractivity contribution in [3.05, 3.63) is 89.2 Å². The largest absolute Gasteiger partial charge is 0.488 e. The molecule has 1 aromatic carbocycles. The molecule has 1 aliphatic rings. The first kappa shape index (κ1) is 18.4. The normalized spacial score (nSPS) is 14.5. The smallest absolute Gasteiger partial charge is 0.328 e. The highest BCUT2D eigenvalue weighted by atomic mass is 16.5. The highest BCUT2D eigenvalue weighted by Crippen LogP contribution is 2.32. The Bertz CT molecular complexity index is 966. The van der Waals surface area contributed by atoms with Gasteiger partial charge in [-0.2, -0.15) is 0 Å². The van der Waals surface area contributed by atoms with Crippen molar-refractivity contribution in [3.8, 4) is 17.0 Å². The van der Waals surface area contributed by atoms with Gasteiger partial charge in [0.15, 0.2) is 0 Å². The van der Waals surface area contributed by atoms with E-state index in [1.807, 2.05) is 49.4 Å². The van der Waals surface area contributed by atoms with E-state index in [0.29, 0.717) is 12.2 Å². The molecule has 0 spiro atoms. The lowest BCUT2D eigenvalue weighted by Crippen LogP contribution is -2.08. The van der Waals surface area contributed by atoms with Crippen LogP contribution in [0, 0.1) is 0 Å². The van der Waals surface area contributed by atoms with Crippen molar-refractivity contribution in [3.63, 3.8) is 0 Å². The standard InChI is InChI=1S/C23H21NO3/c1-16(12-23(25)26)6-5-7-17(2)20-14-19-13-18(9-10-22(19)27-15-20)21-8-3-4-11-24-21/h3-14H,15H2,1-2H3,(H,25,26). The maximum atomic E-state index is 10.6. The summed E-state index contributed by atoms with van der Waals surface area (Å²) in [6.45, 7) is 4.28. The zero-order valence-electron chi connectivity index (χ0n) is 15.3. The van der Waals surface area contributed by atoms with Gasteiger partial charge in [-0.15, -0.1) is 0 Å². The first-order valence-corrected chi connectivity index (χ1v) is 8.68. The number of allylic oxidation sites excluding steroid dienone is 4. The average Bonchev–Trinajstić information content (AvgIpc) is 2.67. The van der Waals surface area contributed by atoms with Gasteiger partial charge in [-0.05, 0) is 67.0 Å². The number of ether oxygens (including phenoxy) is 1. The molecule has 0 bridgehead atoms. The number of carboxylic acid groups (broad SMARTS) is 1. The third-order valence-electron chi connectivity index (χ3n) is 4.25. The first-order valence-electron chi connectivity index (χ1n) is 8.68. The summed E-state index contributed by atoms with van der Waals surface area (Å²) in [5, 5.41) is 8.74. The van der Waals surface area contributed by atoms with E-state index in [1.54, 1.807) is 19.2 Å². The van der Waals surface area contributed by atoms with E-state index in [2.05, 4.69) is 17.1 Å². The molecule has 136 valence electrons. The molecule has 1 aliphatic heterocycles. The predicted molar refractivity (Wildman–Crippen MR) is 107 cm³/mol. The summed E-state index contributed by atoms with van der Waals surface area (Å²) in [5.74, 6) is -0.0800. The maximum absolute atomic E-state index is 10.6. The van der Waals surface area contributed by atoms with Crippen LogP contribution >= 0.6 is 0 Å². The second-order valence-electron chi connectivity index (χ2n) is 6.36. The van der Waals surface area contributed by atoms with E-state index >= 15 is 0 Å². The molecule has 0 radical (unpaired) electrons. The molecule has 0 unspecified atom stereocenters. The van der Waals surface area contributed by atoms with Crippen molar-refractivity contribution in [2.45, 2.75) is 13.8 Å². The van der Waals surface area contributed by atoms with Crippen molar-refractivity contribution in [1.82, 2.24) is 4.98 Å². The number of aliphatic carboxylic acids is 1. The summed E-state index contributed by atoms with van der Waals surface area (Å²) in [5.41, 5.74) is 5.85. The quantitative estimate of drug-likeness (QED) is 0.599. The molecule has 1 aromatic heterocycles. The Morgan fingerprint density at radius 1 is 1.22 bits per heavy atom. The van der Waals surface area contributed by atoms with Crippen LogP contribution < -0.4 is 4.74 Å². The van der Waals surface area contributed by atoms with Gasteiger partial charge in [0.1, 0.15) is 12.4 Å². The summed E-state index contributed by atoms with van der Waals surface area (Å²) in [6.07, 6.45) is 10.7. The number of nitrogens with zero attached hydrogens (tertiary/aromatic N) is 1. The van der Waals surface area contributed by atoms with Gasteiger partial charge in [0.25, 0.3) is 0 Å². The highest BCUT2D eigenvalue weighted by molar-refractivity contribution is 5.81. The minimum atomic E-state index is -0.943. The lowest BCUT2D eigenvalue weighted by Gasteiger charge is -2.19. The average molecular weight is 359 g/mol. The Morgan fingerprint density at radius 2 is 2.07 bits per heavy atom. The van der Waals surface area contributed by atoms with Gasteiger partial charge in [-0.25, -0.2) is 4.79 Å². The molecule has 0 fully saturated rings. The molecule has 0 saturated heterocycles. The van der Waals surface area contributed by atoms with Crippen LogP contribution in [-0.4, -0.2) is 22.7 Å². The molecule has 4 nitrogen and oxygen atoms in total. The molecular weight excluding hydrogens is 338 g/mol. The van der Waals surface area contributed by atoms with E-state index in [-0.39, 0.29) is 0 Å². The van der Waals surface area contributed by atoms with Crippen LogP contribution in [0.15, 0.2) is 83.6 Å². The lowest BCUT2D eigenvalue weighted by molar-refractivity contribution is -0.131. The predicted octanol–water partition coefficient (Wildman–Crippen LogP) is 5.06. The summed E-state index contributed by atoms with van der Waals surface area (Å²) in [4.78, 5) is 15.0. The second-order valence-corrected chi connectivity index (χ2v) is 6.36. The molecule has 4 heteroatoms. The van der Waals surface area contributed by atoms with Crippen molar-refractivity contribution in [1.29, 1.82) is 0 Å². The van der Waals surface area contributed by atoms with E-state index in [9.17, 15) is 4.79 Å². The topological polar surface area (TPSA) is 59.4 Å². The van der Waals surface area contributed by atoms with E-state index < -0.39 is 5.97 Å². The fourth-order valence-electron chi connectivity index (χ4n) is 2.79. The Balaban J connectivity index is 1.83. The van der Waals surface area contributed by atoms with Crippen LogP contribution in [0.5, 0.6) is 5.75 Å². The number of benzene rings is 1. The molecule has 0 aliphatic carbocycles. The fraction of sp³-hybridized carbons (Fsp3) is 0.130. The number of fused-ring (bicyclic) bond motifs is 1. The second kappa shape index (κ2) is 8.32. The molecule has 0 atom stereocenters. The van der Waals surface area contributed by atoms with Crippen molar-refractivity contribution < 1.29 is 14.6 Å². The molecule has 1 N–H and O–H groups in total. The summed E-state index contributed by atoms with van der Waals surface area (Å²) in [7, 11) is 0. The van der Waals surface area contributed by atoms with Gasteiger partial charge in [0.2, 0.25) is 0 Å². The third-order valence-corrected chi connectivity index (χ3v) is 4.25. The van der Waals surface area contributed by atoms with Crippen LogP contribution in [0.1, 0.15) is 19.4 Å². The highest BCUT2D eigenvalue weighted by Gasteiger charge is 2.13. The van der Waals surface area contributed by atoms with Gasteiger partial charge in [0, 0.05) is 23.4 Å². The molecule has 2 heterocycles. The van der Waals surface area contributed by atoms with Gasteiger partial charge < -0.3 is 9.84 Å². The van der Waals surface area contributed by atoms with E-state index in [1.165, 1.54) is 6.08 Å². The zero-order valence-corrected chi connectivity index (χ0v) is 15.3. The molecule has 3 rings (SSSR count). The van der Waals surface area contributed by atoms with Crippen LogP contribution in [0.25, 0.3) is 17.3 Å². The lowest BCUT2D eigenvalue weighted by atomic mass is 9.99. The van der Waals surface area contributed by atoms with Gasteiger partial charge in [-0.3, -0.25) is 4.98 Å². The number of carboxylic acids is 1. The number of hydrogen-bond donors (Lipinski definition) is 1. The molecule has 2 aromatic rings. The van der Waals surface area contributed by atoms with E-state index in [4.69, 9.17) is 9.84 Å². The van der Waals surface area contributed by atoms with Crippen LogP contribution in [-0.2, 0) is 4.79 Å². The number of carbonyl (C=O) groups is 1. The Hall–Kier alpha value is -3.40. The van der Waals surface area contributed by atoms with Crippen LogP contribution in [0.2, 0.25) is 0 Å². The Morgan fingerprint density at radius 3 is 2.81 bits per heavy atom. The van der Waals surface area contributed by atoms with E-state index in [0.717, 1.165) is 33.7 Å². The van der Waals surface area contributed by atoms with Gasteiger partial charge in [-0.1, -0.05) is 24.3 Å². The Labute approximate surface area is 158 Å². The fourth-order valence-corrected chi connectivity index (χ4v) is 2.79. The summed E-state index contributed by atoms with van der Waals surface area (Å²) in [6, 6.07) is 11.9. The van der Waals surface area contributed by atoms with Crippen LogP contribution in [0.3, 0.4) is 0 Å². The summed E-state index contributed by atoms with van der Waals surface area (Å²) < 4.78 is 5.89.